The molecule has 2 unspecified atom stereocenters. The molecule has 6 nitrogen and oxygen atoms in total. The predicted molar refractivity (Wildman–Crippen MR) is 77.1 cm³/mol. The first-order chi connectivity index (χ1) is 10.7. The van der Waals surface area contributed by atoms with E-state index in [2.05, 4.69) is 15.5 Å². The van der Waals surface area contributed by atoms with Crippen molar-refractivity contribution in [1.29, 1.82) is 0 Å². The van der Waals surface area contributed by atoms with E-state index < -0.39 is 5.82 Å². The molecule has 22 heavy (non-hydrogen) atoms. The molecule has 0 spiro atoms. The number of carbonyl (C=O) groups excluding carboxylic acids is 1. The summed E-state index contributed by atoms with van der Waals surface area (Å²) in [5.74, 6) is 0.0682. The Labute approximate surface area is 126 Å². The molecular formula is C15H16FN5O. The summed E-state index contributed by atoms with van der Waals surface area (Å²) in [4.78, 5) is 15.9. The Balaban J connectivity index is 1.66. The summed E-state index contributed by atoms with van der Waals surface area (Å²) < 4.78 is 13.6. The van der Waals surface area contributed by atoms with Crippen molar-refractivity contribution in [2.24, 2.45) is 5.92 Å². The van der Waals surface area contributed by atoms with E-state index in [1.54, 1.807) is 4.90 Å². The molecule has 2 aromatic rings. The number of benzene rings is 1. The number of likely N-dealkylation sites (tertiary alicyclic amines) is 1. The molecule has 0 saturated carbocycles. The van der Waals surface area contributed by atoms with Crippen molar-refractivity contribution in [3.8, 4) is 5.69 Å². The molecule has 2 aliphatic heterocycles. The molecule has 2 aliphatic rings. The molecular weight excluding hydrogens is 285 g/mol. The first kappa shape index (κ1) is 13.4. The Morgan fingerprint density at radius 1 is 1.32 bits per heavy atom. The van der Waals surface area contributed by atoms with Gasteiger partial charge >= 0.3 is 0 Å². The number of rotatable bonds is 2. The molecule has 0 aliphatic carbocycles. The van der Waals surface area contributed by atoms with Gasteiger partial charge in [-0.15, -0.1) is 0 Å². The van der Waals surface area contributed by atoms with E-state index in [1.807, 2.05) is 0 Å². The summed E-state index contributed by atoms with van der Waals surface area (Å²) in [5.41, 5.74) is 0.800. The van der Waals surface area contributed by atoms with Crippen LogP contribution in [0.5, 0.6) is 0 Å². The molecule has 0 radical (unpaired) electrons. The van der Waals surface area contributed by atoms with Gasteiger partial charge in [-0.25, -0.2) is 4.39 Å². The Bertz CT molecular complexity index is 702. The van der Waals surface area contributed by atoms with Gasteiger partial charge in [0.2, 0.25) is 0 Å². The van der Waals surface area contributed by atoms with E-state index in [0.717, 1.165) is 13.0 Å². The number of piperidine rings is 1. The lowest BCUT2D eigenvalue weighted by Crippen LogP contribution is -2.62. The molecule has 2 saturated heterocycles. The lowest BCUT2D eigenvalue weighted by molar-refractivity contribution is 0.0518. The zero-order valence-electron chi connectivity index (χ0n) is 11.9. The SMILES string of the molecule is O=C(c1cc(F)ccc1-n1nccn1)N1CCC2CNC2C1. The largest absolute Gasteiger partial charge is 0.337 e. The maximum atomic E-state index is 13.6. The normalized spacial score (nSPS) is 23.8. The van der Waals surface area contributed by atoms with Gasteiger partial charge in [-0.1, -0.05) is 0 Å². The molecule has 4 rings (SSSR count). The molecule has 3 heterocycles. The van der Waals surface area contributed by atoms with Crippen LogP contribution in [0.2, 0.25) is 0 Å². The monoisotopic (exact) mass is 301 g/mol. The summed E-state index contributed by atoms with van der Waals surface area (Å²) in [5, 5.41) is 11.4. The average Bonchev–Trinajstić information content (AvgIpc) is 3.02. The van der Waals surface area contributed by atoms with Crippen molar-refractivity contribution >= 4 is 5.91 Å². The van der Waals surface area contributed by atoms with Crippen molar-refractivity contribution in [2.45, 2.75) is 12.5 Å². The molecule has 114 valence electrons. The van der Waals surface area contributed by atoms with Crippen LogP contribution in [0.4, 0.5) is 4.39 Å². The number of fused-ring (bicyclic) bond motifs is 1. The zero-order valence-corrected chi connectivity index (χ0v) is 11.9. The minimum Gasteiger partial charge on any atom is -0.337 e. The highest BCUT2D eigenvalue weighted by Gasteiger charge is 2.37. The third-order valence-corrected chi connectivity index (χ3v) is 4.51. The number of hydrogen-bond donors (Lipinski definition) is 1. The van der Waals surface area contributed by atoms with Gasteiger partial charge in [0.05, 0.1) is 23.6 Å². The van der Waals surface area contributed by atoms with E-state index in [4.69, 9.17) is 0 Å². The number of nitrogens with one attached hydrogen (secondary N) is 1. The van der Waals surface area contributed by atoms with Crippen LogP contribution in [-0.4, -0.2) is 51.5 Å². The number of halogens is 1. The maximum absolute atomic E-state index is 13.6. The van der Waals surface area contributed by atoms with Crippen molar-refractivity contribution in [3.63, 3.8) is 0 Å². The first-order valence-corrected chi connectivity index (χ1v) is 7.41. The number of aromatic nitrogens is 3. The van der Waals surface area contributed by atoms with Crippen molar-refractivity contribution in [1.82, 2.24) is 25.2 Å². The molecule has 0 bridgehead atoms. The van der Waals surface area contributed by atoms with Crippen LogP contribution in [0.25, 0.3) is 5.69 Å². The van der Waals surface area contributed by atoms with Crippen LogP contribution < -0.4 is 5.32 Å². The highest BCUT2D eigenvalue weighted by molar-refractivity contribution is 5.97. The highest BCUT2D eigenvalue weighted by atomic mass is 19.1. The van der Waals surface area contributed by atoms with Crippen LogP contribution in [0, 0.1) is 11.7 Å². The summed E-state index contributed by atoms with van der Waals surface area (Å²) in [7, 11) is 0. The average molecular weight is 301 g/mol. The lowest BCUT2D eigenvalue weighted by atomic mass is 9.85. The predicted octanol–water partition coefficient (Wildman–Crippen LogP) is 0.840. The van der Waals surface area contributed by atoms with Gasteiger partial charge in [0, 0.05) is 19.1 Å². The maximum Gasteiger partial charge on any atom is 0.256 e. The summed E-state index contributed by atoms with van der Waals surface area (Å²) in [6.45, 7) is 2.42. The van der Waals surface area contributed by atoms with Gasteiger partial charge in [-0.3, -0.25) is 4.79 Å². The van der Waals surface area contributed by atoms with E-state index in [9.17, 15) is 9.18 Å². The minimum atomic E-state index is -0.434. The second kappa shape index (κ2) is 5.17. The van der Waals surface area contributed by atoms with Gasteiger partial charge in [0.25, 0.3) is 5.91 Å². The van der Waals surface area contributed by atoms with Crippen LogP contribution in [0.1, 0.15) is 16.8 Å². The zero-order chi connectivity index (χ0) is 15.1. The summed E-state index contributed by atoms with van der Waals surface area (Å²) in [6, 6.07) is 4.49. The summed E-state index contributed by atoms with van der Waals surface area (Å²) in [6.07, 6.45) is 4.05. The second-order valence-corrected chi connectivity index (χ2v) is 5.79. The first-order valence-electron chi connectivity index (χ1n) is 7.41. The molecule has 1 amide bonds. The van der Waals surface area contributed by atoms with Gasteiger partial charge in [0.1, 0.15) is 5.82 Å². The number of carbonyl (C=O) groups is 1. The third kappa shape index (κ3) is 2.18. The van der Waals surface area contributed by atoms with Crippen LogP contribution in [-0.2, 0) is 0 Å². The van der Waals surface area contributed by atoms with E-state index in [-0.39, 0.29) is 5.91 Å². The molecule has 2 fully saturated rings. The number of hydrogen-bond acceptors (Lipinski definition) is 4. The van der Waals surface area contributed by atoms with Gasteiger partial charge in [0.15, 0.2) is 0 Å². The van der Waals surface area contributed by atoms with Crippen molar-refractivity contribution in [2.75, 3.05) is 19.6 Å². The van der Waals surface area contributed by atoms with Crippen LogP contribution >= 0.6 is 0 Å². The standard InChI is InChI=1S/C15H16FN5O/c16-11-1-2-14(21-18-4-5-19-21)12(7-11)15(22)20-6-3-10-8-17-13(10)9-20/h1-2,4-5,7,10,13,17H,3,6,8-9H2. The topological polar surface area (TPSA) is 63.1 Å². The molecule has 1 N–H and O–H groups in total. The van der Waals surface area contributed by atoms with Gasteiger partial charge < -0.3 is 10.2 Å². The van der Waals surface area contributed by atoms with Gasteiger partial charge in [-0.2, -0.15) is 15.0 Å². The Hall–Kier alpha value is -2.28. The summed E-state index contributed by atoms with van der Waals surface area (Å²) >= 11 is 0. The fourth-order valence-corrected chi connectivity index (χ4v) is 3.17. The quantitative estimate of drug-likeness (QED) is 0.893. The van der Waals surface area contributed by atoms with Crippen molar-refractivity contribution < 1.29 is 9.18 Å². The number of nitrogens with zero attached hydrogens (tertiary/aromatic N) is 4. The minimum absolute atomic E-state index is 0.168. The lowest BCUT2D eigenvalue weighted by Gasteiger charge is -2.46. The van der Waals surface area contributed by atoms with Crippen molar-refractivity contribution in [3.05, 3.63) is 42.0 Å². The van der Waals surface area contributed by atoms with Crippen LogP contribution in [0.3, 0.4) is 0 Å². The second-order valence-electron chi connectivity index (χ2n) is 5.79. The number of amides is 1. The smallest absolute Gasteiger partial charge is 0.256 e. The molecule has 7 heteroatoms. The Kier molecular flexibility index (Phi) is 3.15. The van der Waals surface area contributed by atoms with E-state index >= 15 is 0 Å². The van der Waals surface area contributed by atoms with E-state index in [0.29, 0.717) is 36.3 Å². The Morgan fingerprint density at radius 3 is 2.82 bits per heavy atom. The Morgan fingerprint density at radius 2 is 2.14 bits per heavy atom. The third-order valence-electron chi connectivity index (χ3n) is 4.51. The van der Waals surface area contributed by atoms with E-state index in [1.165, 1.54) is 35.4 Å². The van der Waals surface area contributed by atoms with Gasteiger partial charge in [-0.05, 0) is 37.1 Å². The fraction of sp³-hybridized carbons (Fsp3) is 0.400. The molecule has 1 aromatic carbocycles. The molecule has 1 aromatic heterocycles. The van der Waals surface area contributed by atoms with Crippen LogP contribution in [0.15, 0.2) is 30.6 Å². The molecule has 2 atom stereocenters. The fourth-order valence-electron chi connectivity index (χ4n) is 3.17. The highest BCUT2D eigenvalue weighted by Crippen LogP contribution is 2.26.